The first kappa shape index (κ1) is 16.9. The summed E-state index contributed by atoms with van der Waals surface area (Å²) in [5, 5.41) is 7.41. The number of carbonyl (C=O) groups excluding carboxylic acids is 1. The number of amides is 1. The van der Waals surface area contributed by atoms with Gasteiger partial charge in [0.05, 0.1) is 17.3 Å². The van der Waals surface area contributed by atoms with Crippen molar-refractivity contribution in [1.82, 2.24) is 20.1 Å². The molecule has 1 atom stereocenters. The minimum Gasteiger partial charge on any atom is -0.345 e. The number of pyridine rings is 1. The summed E-state index contributed by atoms with van der Waals surface area (Å²) < 4.78 is 1.77. The van der Waals surface area contributed by atoms with Crippen LogP contribution in [0, 0.1) is 20.8 Å². The first-order valence-corrected chi connectivity index (χ1v) is 8.31. The molecule has 0 aliphatic carbocycles. The summed E-state index contributed by atoms with van der Waals surface area (Å²) >= 11 is 0. The number of aryl methyl sites for hydroxylation is 3. The minimum atomic E-state index is -0.138. The Bertz CT molecular complexity index is 879. The summed E-state index contributed by atoms with van der Waals surface area (Å²) in [6, 6.07) is 13.7. The Morgan fingerprint density at radius 1 is 1.08 bits per heavy atom. The van der Waals surface area contributed by atoms with Crippen LogP contribution in [0.15, 0.2) is 48.7 Å². The van der Waals surface area contributed by atoms with E-state index in [0.717, 1.165) is 17.0 Å². The molecule has 25 heavy (non-hydrogen) atoms. The monoisotopic (exact) mass is 334 g/mol. The van der Waals surface area contributed by atoms with E-state index in [-0.39, 0.29) is 11.9 Å². The first-order chi connectivity index (χ1) is 11.9. The second kappa shape index (κ2) is 6.89. The van der Waals surface area contributed by atoms with Crippen LogP contribution in [0.5, 0.6) is 0 Å². The molecule has 128 valence electrons. The third-order valence-electron chi connectivity index (χ3n) is 4.16. The molecule has 1 aromatic carbocycles. The quantitative estimate of drug-likeness (QED) is 0.792. The van der Waals surface area contributed by atoms with E-state index in [1.165, 1.54) is 5.56 Å². The molecule has 2 aromatic heterocycles. The van der Waals surface area contributed by atoms with Crippen molar-refractivity contribution in [2.24, 2.45) is 0 Å². The summed E-state index contributed by atoms with van der Waals surface area (Å²) in [5.74, 6) is 0.564. The Morgan fingerprint density at radius 3 is 2.36 bits per heavy atom. The average molecular weight is 334 g/mol. The average Bonchev–Trinajstić information content (AvgIpc) is 2.94. The zero-order valence-electron chi connectivity index (χ0n) is 14.9. The SMILES string of the molecule is Cc1ccc([C@@H](C)NC(=O)c2ccc(-n3nc(C)cc3C)nc2)cc1. The molecular weight excluding hydrogens is 312 g/mol. The maximum absolute atomic E-state index is 12.4. The molecule has 0 aliphatic heterocycles. The molecule has 0 spiro atoms. The molecule has 0 aliphatic rings. The fourth-order valence-electron chi connectivity index (χ4n) is 2.72. The van der Waals surface area contributed by atoms with Crippen molar-refractivity contribution in [3.63, 3.8) is 0 Å². The maximum Gasteiger partial charge on any atom is 0.253 e. The Kier molecular flexibility index (Phi) is 4.65. The van der Waals surface area contributed by atoms with Gasteiger partial charge in [0, 0.05) is 11.9 Å². The number of hydrogen-bond acceptors (Lipinski definition) is 3. The number of rotatable bonds is 4. The van der Waals surface area contributed by atoms with Gasteiger partial charge in [-0.2, -0.15) is 5.10 Å². The van der Waals surface area contributed by atoms with E-state index in [1.807, 2.05) is 64.1 Å². The topological polar surface area (TPSA) is 59.8 Å². The number of aromatic nitrogens is 3. The van der Waals surface area contributed by atoms with Crippen LogP contribution in [0.4, 0.5) is 0 Å². The van der Waals surface area contributed by atoms with Gasteiger partial charge >= 0.3 is 0 Å². The summed E-state index contributed by atoms with van der Waals surface area (Å²) in [5.41, 5.74) is 4.75. The number of hydrogen-bond donors (Lipinski definition) is 1. The van der Waals surface area contributed by atoms with E-state index in [0.29, 0.717) is 11.4 Å². The molecule has 0 unspecified atom stereocenters. The highest BCUT2D eigenvalue weighted by Crippen LogP contribution is 2.15. The highest BCUT2D eigenvalue weighted by atomic mass is 16.1. The van der Waals surface area contributed by atoms with E-state index < -0.39 is 0 Å². The van der Waals surface area contributed by atoms with Gasteiger partial charge in [-0.15, -0.1) is 0 Å². The Labute approximate surface area is 147 Å². The number of nitrogens with zero attached hydrogens (tertiary/aromatic N) is 3. The van der Waals surface area contributed by atoms with Crippen molar-refractivity contribution in [3.05, 3.63) is 76.7 Å². The zero-order valence-corrected chi connectivity index (χ0v) is 14.9. The molecular formula is C20H22N4O. The number of nitrogens with one attached hydrogen (secondary N) is 1. The van der Waals surface area contributed by atoms with Crippen LogP contribution in [0.2, 0.25) is 0 Å². The highest BCUT2D eigenvalue weighted by Gasteiger charge is 2.12. The molecule has 3 rings (SSSR count). The van der Waals surface area contributed by atoms with E-state index >= 15 is 0 Å². The van der Waals surface area contributed by atoms with Gasteiger partial charge in [-0.3, -0.25) is 4.79 Å². The third kappa shape index (κ3) is 3.76. The lowest BCUT2D eigenvalue weighted by Crippen LogP contribution is -2.26. The van der Waals surface area contributed by atoms with Crippen LogP contribution >= 0.6 is 0 Å². The summed E-state index contributed by atoms with van der Waals surface area (Å²) in [6.07, 6.45) is 1.59. The zero-order chi connectivity index (χ0) is 18.0. The van der Waals surface area contributed by atoms with Gasteiger partial charge in [-0.25, -0.2) is 9.67 Å². The lowest BCUT2D eigenvalue weighted by atomic mass is 10.1. The van der Waals surface area contributed by atoms with Gasteiger partial charge in [-0.05, 0) is 51.5 Å². The van der Waals surface area contributed by atoms with Gasteiger partial charge in [0.25, 0.3) is 5.91 Å². The predicted octanol–water partition coefficient (Wildman–Crippen LogP) is 3.68. The molecule has 0 radical (unpaired) electrons. The van der Waals surface area contributed by atoms with Crippen molar-refractivity contribution in [2.45, 2.75) is 33.7 Å². The smallest absolute Gasteiger partial charge is 0.253 e. The van der Waals surface area contributed by atoms with E-state index in [2.05, 4.69) is 15.4 Å². The molecule has 3 aromatic rings. The van der Waals surface area contributed by atoms with Crippen molar-refractivity contribution < 1.29 is 4.79 Å². The Hall–Kier alpha value is -2.95. The van der Waals surface area contributed by atoms with Gasteiger partial charge in [0.1, 0.15) is 0 Å². The second-order valence-electron chi connectivity index (χ2n) is 6.35. The third-order valence-corrected chi connectivity index (χ3v) is 4.16. The number of carbonyl (C=O) groups is 1. The highest BCUT2D eigenvalue weighted by molar-refractivity contribution is 5.94. The van der Waals surface area contributed by atoms with Gasteiger partial charge in [0.15, 0.2) is 5.82 Å². The summed E-state index contributed by atoms with van der Waals surface area (Å²) in [4.78, 5) is 16.8. The van der Waals surface area contributed by atoms with Crippen molar-refractivity contribution in [1.29, 1.82) is 0 Å². The molecule has 1 amide bonds. The first-order valence-electron chi connectivity index (χ1n) is 8.31. The van der Waals surface area contributed by atoms with Crippen LogP contribution in [0.1, 0.15) is 45.8 Å². The number of benzene rings is 1. The molecule has 0 saturated carbocycles. The molecule has 0 bridgehead atoms. The van der Waals surface area contributed by atoms with E-state index in [4.69, 9.17) is 0 Å². The minimum absolute atomic E-state index is 0.0659. The lowest BCUT2D eigenvalue weighted by molar-refractivity contribution is 0.0939. The van der Waals surface area contributed by atoms with Gasteiger partial charge in [-0.1, -0.05) is 29.8 Å². The molecule has 1 N–H and O–H groups in total. The van der Waals surface area contributed by atoms with E-state index in [9.17, 15) is 4.79 Å². The van der Waals surface area contributed by atoms with Crippen molar-refractivity contribution in [2.75, 3.05) is 0 Å². The molecule has 5 heteroatoms. The van der Waals surface area contributed by atoms with Gasteiger partial charge in [0.2, 0.25) is 0 Å². The summed E-state index contributed by atoms with van der Waals surface area (Å²) in [7, 11) is 0. The van der Waals surface area contributed by atoms with Crippen LogP contribution in [-0.4, -0.2) is 20.7 Å². The van der Waals surface area contributed by atoms with Crippen LogP contribution < -0.4 is 5.32 Å². The van der Waals surface area contributed by atoms with Crippen LogP contribution in [0.3, 0.4) is 0 Å². The molecule has 2 heterocycles. The largest absolute Gasteiger partial charge is 0.345 e. The van der Waals surface area contributed by atoms with Crippen molar-refractivity contribution >= 4 is 5.91 Å². The normalized spacial score (nSPS) is 12.0. The van der Waals surface area contributed by atoms with Crippen molar-refractivity contribution in [3.8, 4) is 5.82 Å². The van der Waals surface area contributed by atoms with Gasteiger partial charge < -0.3 is 5.32 Å². The van der Waals surface area contributed by atoms with Crippen LogP contribution in [0.25, 0.3) is 5.82 Å². The fourth-order valence-corrected chi connectivity index (χ4v) is 2.72. The fraction of sp³-hybridized carbons (Fsp3) is 0.250. The predicted molar refractivity (Wildman–Crippen MR) is 97.9 cm³/mol. The standard InChI is InChI=1S/C20H22N4O/c1-13-5-7-17(8-6-13)16(4)22-20(25)18-9-10-19(21-12-18)24-15(3)11-14(2)23-24/h5-12,16H,1-4H3,(H,22,25)/t16-/m1/s1. The summed E-state index contributed by atoms with van der Waals surface area (Å²) in [6.45, 7) is 7.94. The molecule has 0 saturated heterocycles. The maximum atomic E-state index is 12.4. The molecule has 5 nitrogen and oxygen atoms in total. The second-order valence-corrected chi connectivity index (χ2v) is 6.35. The Balaban J connectivity index is 1.72. The molecule has 0 fully saturated rings. The lowest BCUT2D eigenvalue weighted by Gasteiger charge is -2.14. The Morgan fingerprint density at radius 2 is 1.80 bits per heavy atom. The van der Waals surface area contributed by atoms with E-state index in [1.54, 1.807) is 16.9 Å². The van der Waals surface area contributed by atoms with Crippen LogP contribution in [-0.2, 0) is 0 Å².